The Morgan fingerprint density at radius 3 is 1.90 bits per heavy atom. The van der Waals surface area contributed by atoms with Gasteiger partial charge in [0, 0.05) is 33.0 Å². The number of hydrogen-bond acceptors (Lipinski definition) is 3. The van der Waals surface area contributed by atoms with Crippen molar-refractivity contribution >= 4 is 11.0 Å². The van der Waals surface area contributed by atoms with Crippen molar-refractivity contribution in [2.24, 2.45) is 0 Å². The van der Waals surface area contributed by atoms with Crippen molar-refractivity contribution in [1.82, 2.24) is 14.5 Å². The van der Waals surface area contributed by atoms with Gasteiger partial charge in [-0.05, 0) is 83.7 Å². The Morgan fingerprint density at radius 1 is 0.635 bits per heavy atom. The summed E-state index contributed by atoms with van der Waals surface area (Å²) in [5, 5.41) is 11.2. The van der Waals surface area contributed by atoms with Crippen LogP contribution in [0.5, 0.6) is 5.75 Å². The summed E-state index contributed by atoms with van der Waals surface area (Å²) in [4.78, 5) is 10.3. The second kappa shape index (κ2) is 14.0. The van der Waals surface area contributed by atoms with Crippen molar-refractivity contribution in [3.05, 3.63) is 143 Å². The molecular weight excluding hydrogens is 818 g/mol. The van der Waals surface area contributed by atoms with E-state index >= 15 is 0 Å². The second-order valence-electron chi connectivity index (χ2n) is 15.9. The van der Waals surface area contributed by atoms with E-state index in [1.54, 1.807) is 6.07 Å². The van der Waals surface area contributed by atoms with E-state index in [-0.39, 0.29) is 37.6 Å². The van der Waals surface area contributed by atoms with E-state index in [0.717, 1.165) is 61.4 Å². The molecular formula is C47H46N3OPt-. The van der Waals surface area contributed by atoms with Gasteiger partial charge in [0.25, 0.3) is 0 Å². The number of rotatable bonds is 5. The fourth-order valence-electron chi connectivity index (χ4n) is 7.08. The molecule has 2 heterocycles. The van der Waals surface area contributed by atoms with E-state index in [1.807, 2.05) is 30.5 Å². The second-order valence-corrected chi connectivity index (χ2v) is 15.9. The summed E-state index contributed by atoms with van der Waals surface area (Å²) in [7, 11) is 0. The average Bonchev–Trinajstić information content (AvgIpc) is 3.46. The molecule has 0 spiro atoms. The Balaban J connectivity index is 0.00000464. The number of benzene rings is 5. The molecule has 0 unspecified atom stereocenters. The van der Waals surface area contributed by atoms with E-state index in [2.05, 4.69) is 146 Å². The van der Waals surface area contributed by atoms with Gasteiger partial charge in [-0.1, -0.05) is 125 Å². The monoisotopic (exact) mass is 863 g/mol. The summed E-state index contributed by atoms with van der Waals surface area (Å²) in [5.41, 5.74) is 15.3. The minimum atomic E-state index is -0.152. The predicted octanol–water partition coefficient (Wildman–Crippen LogP) is 12.1. The van der Waals surface area contributed by atoms with Gasteiger partial charge in [0.1, 0.15) is 11.6 Å². The molecule has 0 aliphatic carbocycles. The van der Waals surface area contributed by atoms with Crippen molar-refractivity contribution in [3.8, 4) is 56.3 Å². The molecule has 0 fully saturated rings. The van der Waals surface area contributed by atoms with E-state index in [0.29, 0.717) is 11.4 Å². The van der Waals surface area contributed by atoms with E-state index in [1.165, 1.54) is 16.7 Å². The third-order valence-corrected chi connectivity index (χ3v) is 9.80. The van der Waals surface area contributed by atoms with Crippen molar-refractivity contribution in [1.29, 1.82) is 0 Å². The molecule has 7 aromatic rings. The molecule has 0 atom stereocenters. The van der Waals surface area contributed by atoms with Gasteiger partial charge < -0.3 is 5.11 Å². The third-order valence-electron chi connectivity index (χ3n) is 9.80. The zero-order chi connectivity index (χ0) is 36.2. The number of pyridine rings is 1. The molecule has 0 saturated heterocycles. The van der Waals surface area contributed by atoms with Crippen LogP contribution in [-0.4, -0.2) is 19.6 Å². The molecule has 0 bridgehead atoms. The number of aromatic hydroxyl groups is 1. The molecule has 0 amide bonds. The van der Waals surface area contributed by atoms with Crippen LogP contribution in [0, 0.1) is 26.8 Å². The SMILES string of the molecule is Cc1cc(C)c(-n2c(-c3ccccc3O)nc3c(-c4[c-]c(-c5cc(-c6ccccc6)ccn5)cc(C(C)(C)C)c4)cc(C(C)(C)C)cc32)c(C)c1.[Pt]. The van der Waals surface area contributed by atoms with Crippen LogP contribution in [-0.2, 0) is 31.9 Å². The summed E-state index contributed by atoms with van der Waals surface area (Å²) < 4.78 is 2.26. The van der Waals surface area contributed by atoms with Crippen LogP contribution in [0.1, 0.15) is 69.4 Å². The largest absolute Gasteiger partial charge is 0.507 e. The maximum absolute atomic E-state index is 11.2. The Kier molecular flexibility index (Phi) is 9.94. The number of phenols is 1. The molecule has 0 saturated carbocycles. The summed E-state index contributed by atoms with van der Waals surface area (Å²) >= 11 is 0. The fourth-order valence-corrected chi connectivity index (χ4v) is 7.08. The van der Waals surface area contributed by atoms with Gasteiger partial charge in [-0.3, -0.25) is 9.55 Å². The van der Waals surface area contributed by atoms with E-state index < -0.39 is 0 Å². The minimum Gasteiger partial charge on any atom is -0.507 e. The maximum Gasteiger partial charge on any atom is 0.148 e. The quantitative estimate of drug-likeness (QED) is 0.175. The number of imidazole rings is 1. The van der Waals surface area contributed by atoms with Crippen LogP contribution in [0.2, 0.25) is 0 Å². The van der Waals surface area contributed by atoms with Gasteiger partial charge in [0.15, 0.2) is 0 Å². The van der Waals surface area contributed by atoms with Gasteiger partial charge >= 0.3 is 0 Å². The van der Waals surface area contributed by atoms with Crippen LogP contribution in [0.15, 0.2) is 109 Å². The molecule has 0 aliphatic heterocycles. The minimum absolute atomic E-state index is 0. The van der Waals surface area contributed by atoms with Crippen molar-refractivity contribution < 1.29 is 26.2 Å². The number of para-hydroxylation sites is 1. The van der Waals surface area contributed by atoms with E-state index in [4.69, 9.17) is 9.97 Å². The summed E-state index contributed by atoms with van der Waals surface area (Å²) in [5.74, 6) is 0.900. The van der Waals surface area contributed by atoms with Crippen LogP contribution in [0.4, 0.5) is 0 Å². The molecule has 52 heavy (non-hydrogen) atoms. The smallest absolute Gasteiger partial charge is 0.148 e. The molecule has 0 aliphatic rings. The van der Waals surface area contributed by atoms with Crippen LogP contribution < -0.4 is 0 Å². The summed E-state index contributed by atoms with van der Waals surface area (Å²) in [6.07, 6.45) is 1.89. The Morgan fingerprint density at radius 2 is 1.25 bits per heavy atom. The number of hydrogen-bond donors (Lipinski definition) is 1. The zero-order valence-corrected chi connectivity index (χ0v) is 33.8. The Bertz CT molecular complexity index is 2400. The van der Waals surface area contributed by atoms with Gasteiger partial charge in [-0.15, -0.1) is 29.3 Å². The normalized spacial score (nSPS) is 11.9. The summed E-state index contributed by atoms with van der Waals surface area (Å²) in [6.45, 7) is 20.0. The molecule has 2 aromatic heterocycles. The van der Waals surface area contributed by atoms with Crippen LogP contribution >= 0.6 is 0 Å². The number of nitrogens with zero attached hydrogens (tertiary/aromatic N) is 3. The molecule has 5 heteroatoms. The first-order valence-corrected chi connectivity index (χ1v) is 17.7. The standard InChI is InChI=1S/C47H46N3O.Pt/c1-29-21-30(2)44(31(3)22-29)50-41-28-37(47(7,8)9)27-39(43(41)49-45(50)38-17-13-14-18-42(38)51)34-23-35(25-36(24-34)46(4,5)6)40-26-33(19-20-48-40)32-15-11-10-12-16-32;/h10-22,24-28,51H,1-9H3;/q-1;. The number of phenolic OH excluding ortho intramolecular Hbond substituents is 1. The van der Waals surface area contributed by atoms with Gasteiger partial charge in [-0.25, -0.2) is 4.98 Å². The maximum atomic E-state index is 11.2. The zero-order valence-electron chi connectivity index (χ0n) is 31.5. The van der Waals surface area contributed by atoms with E-state index in [9.17, 15) is 5.11 Å². The van der Waals surface area contributed by atoms with Gasteiger partial charge in [0.2, 0.25) is 0 Å². The molecule has 1 N–H and O–H groups in total. The van der Waals surface area contributed by atoms with Gasteiger partial charge in [0.05, 0.1) is 22.3 Å². The van der Waals surface area contributed by atoms with Crippen LogP contribution in [0.25, 0.3) is 61.6 Å². The van der Waals surface area contributed by atoms with Crippen LogP contribution in [0.3, 0.4) is 0 Å². The first-order valence-electron chi connectivity index (χ1n) is 17.7. The fraction of sp³-hybridized carbons (Fsp3) is 0.234. The average molecular weight is 864 g/mol. The van der Waals surface area contributed by atoms with Crippen molar-refractivity contribution in [2.45, 2.75) is 73.1 Å². The number of aromatic nitrogens is 3. The Hall–Kier alpha value is -4.79. The first-order chi connectivity index (χ1) is 24.2. The third kappa shape index (κ3) is 7.02. The first kappa shape index (κ1) is 37.0. The predicted molar refractivity (Wildman–Crippen MR) is 213 cm³/mol. The number of aryl methyl sites for hydroxylation is 3. The molecule has 5 aromatic carbocycles. The topological polar surface area (TPSA) is 50.9 Å². The molecule has 4 nitrogen and oxygen atoms in total. The summed E-state index contributed by atoms with van der Waals surface area (Å²) in [6, 6.07) is 39.5. The number of fused-ring (bicyclic) bond motifs is 1. The Labute approximate surface area is 322 Å². The molecule has 266 valence electrons. The molecule has 7 rings (SSSR count). The van der Waals surface area contributed by atoms with Gasteiger partial charge in [-0.2, -0.15) is 0 Å². The molecule has 0 radical (unpaired) electrons. The van der Waals surface area contributed by atoms with Crippen molar-refractivity contribution in [3.63, 3.8) is 0 Å². The van der Waals surface area contributed by atoms with Crippen molar-refractivity contribution in [2.75, 3.05) is 0 Å².